The normalized spacial score (nSPS) is 25.3. The second-order valence-corrected chi connectivity index (χ2v) is 12.9. The van der Waals surface area contributed by atoms with Crippen LogP contribution in [0.25, 0.3) is 11.2 Å². The molecule has 7 atom stereocenters. The number of fused-ring (bicyclic) bond motifs is 1. The van der Waals surface area contributed by atoms with Crippen LogP contribution in [0.15, 0.2) is 61.2 Å². The van der Waals surface area contributed by atoms with E-state index in [0.717, 1.165) is 10.5 Å². The number of hydrogen-bond donors (Lipinski definition) is 8. The number of benzene rings is 1. The fourth-order valence-corrected chi connectivity index (χ4v) is 7.00. The molecule has 51 heavy (non-hydrogen) atoms. The van der Waals surface area contributed by atoms with E-state index in [0.29, 0.717) is 54.5 Å². The summed E-state index contributed by atoms with van der Waals surface area (Å²) < 4.78 is 1.60. The molecule has 1 unspecified atom stereocenters. The monoisotopic (exact) mass is 701 g/mol. The van der Waals surface area contributed by atoms with E-state index in [1.165, 1.54) is 6.33 Å². The fourth-order valence-electron chi connectivity index (χ4n) is 7.00. The molecule has 5 heterocycles. The highest BCUT2D eigenvalue weighted by molar-refractivity contribution is 6.04. The first-order valence-corrected chi connectivity index (χ1v) is 16.7. The molecule has 2 saturated heterocycles. The molecule has 7 rings (SSSR count). The smallest absolute Gasteiger partial charge is 0.325 e. The number of imidazole rings is 1. The van der Waals surface area contributed by atoms with Gasteiger partial charge < -0.3 is 51.2 Å². The van der Waals surface area contributed by atoms with Crippen LogP contribution in [0.3, 0.4) is 0 Å². The summed E-state index contributed by atoms with van der Waals surface area (Å²) in [5.74, 6) is -0.0470. The van der Waals surface area contributed by atoms with Gasteiger partial charge in [-0.1, -0.05) is 30.3 Å². The summed E-state index contributed by atoms with van der Waals surface area (Å²) in [5.41, 5.74) is 2.21. The number of aliphatic hydroxyl groups is 4. The lowest BCUT2D eigenvalue weighted by atomic mass is 10.1. The maximum Gasteiger partial charge on any atom is 0.325 e. The molecule has 18 nitrogen and oxygen atoms in total. The molecule has 8 N–H and O–H groups in total. The Morgan fingerprint density at radius 2 is 1.84 bits per heavy atom. The lowest BCUT2D eigenvalue weighted by molar-refractivity contribution is -0.131. The predicted octanol–water partition coefficient (Wildman–Crippen LogP) is -0.415. The van der Waals surface area contributed by atoms with E-state index >= 15 is 0 Å². The second kappa shape index (κ2) is 14.4. The third-order valence-electron chi connectivity index (χ3n) is 9.57. The van der Waals surface area contributed by atoms with E-state index in [1.807, 2.05) is 35.2 Å². The number of amides is 5. The minimum absolute atomic E-state index is 0.0117. The summed E-state index contributed by atoms with van der Waals surface area (Å²) >= 11 is 0. The van der Waals surface area contributed by atoms with Crippen LogP contribution >= 0.6 is 0 Å². The topological polar surface area (TPSA) is 243 Å². The zero-order valence-electron chi connectivity index (χ0n) is 27.4. The maximum absolute atomic E-state index is 12.9. The largest absolute Gasteiger partial charge is 0.394 e. The lowest BCUT2D eigenvalue weighted by Gasteiger charge is -2.24. The van der Waals surface area contributed by atoms with Gasteiger partial charge in [-0.3, -0.25) is 14.7 Å². The summed E-state index contributed by atoms with van der Waals surface area (Å²) in [5, 5.41) is 53.7. The summed E-state index contributed by atoms with van der Waals surface area (Å²) in [6.07, 6.45) is 2.81. The molecule has 1 aromatic carbocycles. The third kappa shape index (κ3) is 6.85. The Morgan fingerprint density at radius 1 is 1.04 bits per heavy atom. The van der Waals surface area contributed by atoms with Crippen LogP contribution in [0.4, 0.5) is 27.0 Å². The first-order chi connectivity index (χ1) is 24.7. The first-order valence-electron chi connectivity index (χ1n) is 16.7. The standard InChI is InChI=1S/C33H39N11O7/c45-15-21(11-18-5-2-1-3-6-18)36-28-25-29(41-31(40-28)42-10-8-20(14-42)38-32(50)37-19-7-4-9-34-13-19)43(17-35-25)23-12-24(27(48)26(23)47)44-30(49)22(16-46)39-33(44)51/h1-7,9,13,17,20-24,26-27,45-48H,8,10-12,14-16H2,(H,39,51)(H,36,40,41)(H2,37,38,50)/t20-,21+,22?,23-,24+,26+,27-/m1/s1. The van der Waals surface area contributed by atoms with Gasteiger partial charge in [-0.15, -0.1) is 0 Å². The number of nitrogens with zero attached hydrogens (tertiary/aromatic N) is 7. The van der Waals surface area contributed by atoms with Crippen molar-refractivity contribution in [3.05, 3.63) is 66.7 Å². The number of pyridine rings is 1. The second-order valence-electron chi connectivity index (χ2n) is 12.9. The van der Waals surface area contributed by atoms with Crippen molar-refractivity contribution in [1.82, 2.24) is 40.0 Å². The molecule has 18 heteroatoms. The molecular formula is C33H39N11O7. The Kier molecular flexibility index (Phi) is 9.63. The van der Waals surface area contributed by atoms with E-state index in [4.69, 9.17) is 9.97 Å². The minimum Gasteiger partial charge on any atom is -0.394 e. The van der Waals surface area contributed by atoms with E-state index in [1.54, 1.807) is 29.1 Å². The average molecular weight is 702 g/mol. The van der Waals surface area contributed by atoms with Crippen LogP contribution in [0, 0.1) is 0 Å². The summed E-state index contributed by atoms with van der Waals surface area (Å²) in [6.45, 7) is 0.0836. The van der Waals surface area contributed by atoms with E-state index in [2.05, 4.69) is 31.2 Å². The highest BCUT2D eigenvalue weighted by Gasteiger charge is 2.52. The molecule has 1 saturated carbocycles. The van der Waals surface area contributed by atoms with Crippen LogP contribution in [0.1, 0.15) is 24.4 Å². The van der Waals surface area contributed by atoms with Crippen molar-refractivity contribution in [2.45, 2.75) is 61.7 Å². The number of nitrogens with one attached hydrogen (secondary N) is 4. The van der Waals surface area contributed by atoms with Gasteiger partial charge in [0.15, 0.2) is 17.0 Å². The summed E-state index contributed by atoms with van der Waals surface area (Å²) in [7, 11) is 0. The molecule has 0 bridgehead atoms. The van der Waals surface area contributed by atoms with Crippen LogP contribution in [-0.4, -0.2) is 130 Å². The number of aromatic nitrogens is 5. The van der Waals surface area contributed by atoms with Crippen molar-refractivity contribution >= 4 is 46.6 Å². The van der Waals surface area contributed by atoms with Crippen molar-refractivity contribution in [3.8, 4) is 0 Å². The van der Waals surface area contributed by atoms with E-state index in [9.17, 15) is 34.8 Å². The number of aliphatic hydroxyl groups excluding tert-OH is 4. The van der Waals surface area contributed by atoms with Crippen LogP contribution in [0.5, 0.6) is 0 Å². The van der Waals surface area contributed by atoms with Gasteiger partial charge >= 0.3 is 12.1 Å². The number of carbonyl (C=O) groups is 3. The van der Waals surface area contributed by atoms with Crippen LogP contribution < -0.4 is 26.2 Å². The SMILES string of the molecule is O=C(Nc1cccnc1)N[C@@H]1CCN(c2nc(N[C@H](CO)Cc3ccccc3)c3ncn([C@@H]4C[C@H](N5C(=O)NC(CO)C5=O)[C@@H](O)[C@H]4O)c3n2)C1. The van der Waals surface area contributed by atoms with E-state index < -0.39 is 54.9 Å². The molecule has 4 aromatic rings. The number of imide groups is 1. The molecule has 2 aliphatic heterocycles. The van der Waals surface area contributed by atoms with Gasteiger partial charge in [0.25, 0.3) is 5.91 Å². The molecule has 3 aliphatic rings. The number of urea groups is 2. The third-order valence-corrected chi connectivity index (χ3v) is 9.57. The predicted molar refractivity (Wildman–Crippen MR) is 183 cm³/mol. The molecule has 5 amide bonds. The lowest BCUT2D eigenvalue weighted by Crippen LogP contribution is -2.47. The van der Waals surface area contributed by atoms with Gasteiger partial charge in [0.1, 0.15) is 18.2 Å². The Bertz CT molecular complexity index is 1880. The molecular weight excluding hydrogens is 662 g/mol. The maximum atomic E-state index is 12.9. The van der Waals surface area contributed by atoms with Gasteiger partial charge in [0.05, 0.1) is 49.6 Å². The number of hydrogen-bond acceptors (Lipinski definition) is 13. The van der Waals surface area contributed by atoms with Gasteiger partial charge in [-0.05, 0) is 37.0 Å². The molecule has 3 fully saturated rings. The highest BCUT2D eigenvalue weighted by atomic mass is 16.3. The van der Waals surface area contributed by atoms with Gasteiger partial charge in [-0.25, -0.2) is 14.6 Å². The highest BCUT2D eigenvalue weighted by Crippen LogP contribution is 2.38. The Labute approximate surface area is 291 Å². The van der Waals surface area contributed by atoms with E-state index in [-0.39, 0.29) is 25.1 Å². The molecule has 0 spiro atoms. The van der Waals surface area contributed by atoms with Crippen molar-refractivity contribution < 1.29 is 34.8 Å². The Morgan fingerprint density at radius 3 is 2.57 bits per heavy atom. The first kappa shape index (κ1) is 34.0. The van der Waals surface area contributed by atoms with Crippen molar-refractivity contribution in [2.24, 2.45) is 0 Å². The van der Waals surface area contributed by atoms with Gasteiger partial charge in [-0.2, -0.15) is 9.97 Å². The molecule has 3 aromatic heterocycles. The number of anilines is 3. The quantitative estimate of drug-likeness (QED) is 0.0929. The van der Waals surface area contributed by atoms with Crippen LogP contribution in [0.2, 0.25) is 0 Å². The Balaban J connectivity index is 1.18. The molecule has 0 radical (unpaired) electrons. The van der Waals surface area contributed by atoms with Crippen LogP contribution in [-0.2, 0) is 11.2 Å². The molecule has 1 aliphatic carbocycles. The summed E-state index contributed by atoms with van der Waals surface area (Å²) in [4.78, 5) is 59.3. The van der Waals surface area contributed by atoms with Crippen molar-refractivity contribution in [1.29, 1.82) is 0 Å². The van der Waals surface area contributed by atoms with Crippen molar-refractivity contribution in [2.75, 3.05) is 41.8 Å². The zero-order valence-corrected chi connectivity index (χ0v) is 27.4. The van der Waals surface area contributed by atoms with Gasteiger partial charge in [0, 0.05) is 25.3 Å². The number of rotatable bonds is 11. The number of carbonyl (C=O) groups excluding carboxylic acids is 3. The molecule has 268 valence electrons. The average Bonchev–Trinajstić information content (AvgIpc) is 3.91. The van der Waals surface area contributed by atoms with Gasteiger partial charge in [0.2, 0.25) is 5.95 Å². The zero-order chi connectivity index (χ0) is 35.6. The minimum atomic E-state index is -1.48. The fraction of sp³-hybridized carbons (Fsp3) is 0.424. The van der Waals surface area contributed by atoms with Crippen molar-refractivity contribution in [3.63, 3.8) is 0 Å². The summed E-state index contributed by atoms with van der Waals surface area (Å²) in [6, 6.07) is 8.25. The Hall–Kier alpha value is -5.43.